The lowest BCUT2D eigenvalue weighted by atomic mass is 9.96. The minimum atomic E-state index is -5.13. The zero-order chi connectivity index (χ0) is 22.4. The third-order valence-electron chi connectivity index (χ3n) is 4.18. The fraction of sp³-hybridized carbons (Fsp3) is 0.111. The quantitative estimate of drug-likeness (QED) is 0.612. The van der Waals surface area contributed by atoms with Gasteiger partial charge in [-0.15, -0.1) is 0 Å². The number of nitrogens with two attached hydrogens (primary N) is 1. The van der Waals surface area contributed by atoms with E-state index in [4.69, 9.17) is 10.4 Å². The van der Waals surface area contributed by atoms with Crippen LogP contribution in [0, 0.1) is 29.9 Å². The molecule has 0 aliphatic heterocycles. The predicted octanol–water partition coefficient (Wildman–Crippen LogP) is 4.13. The second-order valence-electron chi connectivity index (χ2n) is 6.18. The average Bonchev–Trinajstić information content (AvgIpc) is 3.08. The van der Waals surface area contributed by atoms with Crippen molar-refractivity contribution in [2.24, 2.45) is 5.14 Å². The molecule has 3 rings (SSSR count). The van der Waals surface area contributed by atoms with E-state index in [0.717, 1.165) is 0 Å². The normalized spacial score (nSPS) is 12.1. The summed E-state index contributed by atoms with van der Waals surface area (Å²) >= 11 is 0. The molecule has 0 saturated carbocycles. The third kappa shape index (κ3) is 3.77. The molecule has 2 aromatic carbocycles. The molecule has 0 fully saturated rings. The summed E-state index contributed by atoms with van der Waals surface area (Å²) in [5, 5.41) is 17.3. The van der Waals surface area contributed by atoms with Crippen molar-refractivity contribution in [2.45, 2.75) is 18.0 Å². The summed E-state index contributed by atoms with van der Waals surface area (Å²) in [5.74, 6) is -4.78. The summed E-state index contributed by atoms with van der Waals surface area (Å²) in [5.41, 5.74) is -1.79. The van der Waals surface area contributed by atoms with E-state index in [-0.39, 0.29) is 23.3 Å². The van der Waals surface area contributed by atoms with Gasteiger partial charge in [0.1, 0.15) is 22.2 Å². The Morgan fingerprint density at radius 1 is 1.13 bits per heavy atom. The largest absolute Gasteiger partial charge is 0.453 e. The van der Waals surface area contributed by atoms with Crippen molar-refractivity contribution in [1.29, 1.82) is 5.26 Å². The van der Waals surface area contributed by atoms with Crippen LogP contribution in [0.15, 0.2) is 39.8 Å². The molecular formula is C18H10F5N3O3S. The van der Waals surface area contributed by atoms with Gasteiger partial charge in [-0.05, 0) is 30.7 Å². The highest BCUT2D eigenvalue weighted by atomic mass is 32.2. The lowest BCUT2D eigenvalue weighted by Gasteiger charge is -2.10. The lowest BCUT2D eigenvalue weighted by molar-refractivity contribution is -0.154. The minimum absolute atomic E-state index is 0.0262. The molecule has 2 N–H and O–H groups in total. The molecule has 0 radical (unpaired) electrons. The van der Waals surface area contributed by atoms with Crippen molar-refractivity contribution in [1.82, 2.24) is 5.16 Å². The van der Waals surface area contributed by atoms with Gasteiger partial charge in [0.05, 0.1) is 17.2 Å². The number of benzene rings is 2. The molecule has 156 valence electrons. The van der Waals surface area contributed by atoms with Gasteiger partial charge in [0.2, 0.25) is 15.8 Å². The Labute approximate surface area is 166 Å². The molecule has 0 atom stereocenters. The number of nitrogens with zero attached hydrogens (tertiary/aromatic N) is 2. The second-order valence-corrected chi connectivity index (χ2v) is 7.71. The number of hydrogen-bond acceptors (Lipinski definition) is 5. The number of nitriles is 1. The van der Waals surface area contributed by atoms with Gasteiger partial charge in [-0.1, -0.05) is 17.3 Å². The van der Waals surface area contributed by atoms with Gasteiger partial charge in [0.25, 0.3) is 0 Å². The Kier molecular flexibility index (Phi) is 5.13. The molecule has 0 aliphatic carbocycles. The van der Waals surface area contributed by atoms with Gasteiger partial charge in [-0.25, -0.2) is 22.3 Å². The maximum atomic E-state index is 14.6. The highest BCUT2D eigenvalue weighted by Crippen LogP contribution is 2.44. The number of primary sulfonamides is 1. The number of hydrogen-bond donors (Lipinski definition) is 1. The first kappa shape index (κ1) is 21.4. The molecule has 12 heteroatoms. The van der Waals surface area contributed by atoms with E-state index in [1.807, 2.05) is 6.07 Å². The minimum Gasteiger partial charge on any atom is -0.350 e. The summed E-state index contributed by atoms with van der Waals surface area (Å²) in [6.07, 6.45) is -5.13. The van der Waals surface area contributed by atoms with Crippen molar-refractivity contribution in [3.05, 3.63) is 58.9 Å². The predicted molar refractivity (Wildman–Crippen MR) is 93.1 cm³/mol. The van der Waals surface area contributed by atoms with E-state index >= 15 is 0 Å². The van der Waals surface area contributed by atoms with Crippen LogP contribution in [-0.4, -0.2) is 13.6 Å². The summed E-state index contributed by atoms with van der Waals surface area (Å²) in [6.45, 7) is 1.59. The van der Waals surface area contributed by atoms with Crippen LogP contribution in [0.25, 0.3) is 22.4 Å². The average molecular weight is 443 g/mol. The van der Waals surface area contributed by atoms with Crippen LogP contribution < -0.4 is 5.14 Å². The van der Waals surface area contributed by atoms with Crippen molar-refractivity contribution in [3.63, 3.8) is 0 Å². The number of aryl methyl sites for hydroxylation is 1. The van der Waals surface area contributed by atoms with Crippen molar-refractivity contribution in [3.8, 4) is 28.5 Å². The van der Waals surface area contributed by atoms with Gasteiger partial charge in [-0.3, -0.25) is 0 Å². The number of alkyl halides is 3. The maximum Gasteiger partial charge on any atom is 0.453 e. The van der Waals surface area contributed by atoms with E-state index in [1.54, 1.807) is 6.92 Å². The molecule has 1 aromatic heterocycles. The summed E-state index contributed by atoms with van der Waals surface area (Å²) in [4.78, 5) is -1.22. The Bertz CT molecular complexity index is 1310. The molecule has 1 heterocycles. The van der Waals surface area contributed by atoms with E-state index in [1.165, 1.54) is 18.2 Å². The van der Waals surface area contributed by atoms with E-state index in [0.29, 0.717) is 5.56 Å². The highest BCUT2D eigenvalue weighted by Gasteiger charge is 2.42. The van der Waals surface area contributed by atoms with Gasteiger partial charge in [0, 0.05) is 11.1 Å². The van der Waals surface area contributed by atoms with Crippen LogP contribution in [-0.2, 0) is 16.2 Å². The fourth-order valence-corrected chi connectivity index (χ4v) is 3.36. The number of aromatic nitrogens is 1. The van der Waals surface area contributed by atoms with Crippen LogP contribution in [0.2, 0.25) is 0 Å². The Morgan fingerprint density at radius 2 is 1.80 bits per heavy atom. The van der Waals surface area contributed by atoms with Crippen molar-refractivity contribution < 1.29 is 34.9 Å². The molecular weight excluding hydrogens is 433 g/mol. The molecule has 30 heavy (non-hydrogen) atoms. The monoisotopic (exact) mass is 443 g/mol. The smallest absolute Gasteiger partial charge is 0.350 e. The Morgan fingerprint density at radius 3 is 2.37 bits per heavy atom. The summed E-state index contributed by atoms with van der Waals surface area (Å²) in [6, 6.07) is 6.26. The molecule has 0 unspecified atom stereocenters. The zero-order valence-corrected chi connectivity index (χ0v) is 15.7. The summed E-state index contributed by atoms with van der Waals surface area (Å²) in [7, 11) is -4.67. The zero-order valence-electron chi connectivity index (χ0n) is 14.9. The summed E-state index contributed by atoms with van der Waals surface area (Å²) < 4.78 is 96.3. The van der Waals surface area contributed by atoms with E-state index in [2.05, 4.69) is 9.68 Å². The molecule has 0 saturated heterocycles. The molecule has 0 amide bonds. The van der Waals surface area contributed by atoms with Crippen LogP contribution in [0.5, 0.6) is 0 Å². The third-order valence-corrected chi connectivity index (χ3v) is 5.10. The molecule has 0 bridgehead atoms. The van der Waals surface area contributed by atoms with Crippen molar-refractivity contribution in [2.75, 3.05) is 0 Å². The van der Waals surface area contributed by atoms with E-state index in [9.17, 15) is 30.4 Å². The fourth-order valence-electron chi connectivity index (χ4n) is 2.76. The topological polar surface area (TPSA) is 110 Å². The van der Waals surface area contributed by atoms with Crippen LogP contribution in [0.3, 0.4) is 0 Å². The van der Waals surface area contributed by atoms with Crippen LogP contribution in [0.1, 0.15) is 16.9 Å². The standard InChI is InChI=1S/C18H10F5N3O3S/c1-8-2-3-9(4-10(8)7-24)16-15(17(29-26-16)18(21,22)23)11-5-13(20)14(6-12(11)19)30(25,27)28/h2-6H,1H3,(H2,25,27,28). The van der Waals surface area contributed by atoms with E-state index < -0.39 is 55.3 Å². The molecule has 3 aromatic rings. The molecule has 0 spiro atoms. The first-order valence-corrected chi connectivity index (χ1v) is 9.49. The maximum absolute atomic E-state index is 14.6. The number of rotatable bonds is 3. The SMILES string of the molecule is Cc1ccc(-c2noc(C(F)(F)F)c2-c2cc(F)c(S(N)(=O)=O)cc2F)cc1C#N. The van der Waals surface area contributed by atoms with Crippen LogP contribution >= 0.6 is 0 Å². The van der Waals surface area contributed by atoms with Crippen molar-refractivity contribution >= 4 is 10.0 Å². The number of halogens is 5. The van der Waals surface area contributed by atoms with Gasteiger partial charge < -0.3 is 4.52 Å². The van der Waals surface area contributed by atoms with Gasteiger partial charge in [0.15, 0.2) is 0 Å². The van der Waals surface area contributed by atoms with Gasteiger partial charge >= 0.3 is 6.18 Å². The molecule has 6 nitrogen and oxygen atoms in total. The Balaban J connectivity index is 2.36. The first-order chi connectivity index (χ1) is 13.8. The van der Waals surface area contributed by atoms with Crippen LogP contribution in [0.4, 0.5) is 22.0 Å². The Hall–Kier alpha value is -3.30. The molecule has 0 aliphatic rings. The lowest BCUT2D eigenvalue weighted by Crippen LogP contribution is -2.15. The first-order valence-electron chi connectivity index (χ1n) is 7.94. The van der Waals surface area contributed by atoms with Gasteiger partial charge in [-0.2, -0.15) is 18.4 Å². The second kappa shape index (κ2) is 7.19. The highest BCUT2D eigenvalue weighted by molar-refractivity contribution is 7.89. The number of sulfonamides is 1.